The number of hydrogen-bond donors (Lipinski definition) is 0. The molecule has 0 bridgehead atoms. The standard InChI is InChI=1S/C9H8N2O3/c1-14-10-8-5-3-2-4-7(8)6-9(10)11(12)13/h2-6H,1H3. The van der Waals surface area contributed by atoms with E-state index in [1.165, 1.54) is 17.9 Å². The molecule has 0 aliphatic rings. The highest BCUT2D eigenvalue weighted by Gasteiger charge is 2.18. The summed E-state index contributed by atoms with van der Waals surface area (Å²) in [7, 11) is 1.40. The van der Waals surface area contributed by atoms with Gasteiger partial charge in [0.05, 0.1) is 0 Å². The summed E-state index contributed by atoms with van der Waals surface area (Å²) in [5, 5.41) is 11.4. The van der Waals surface area contributed by atoms with E-state index < -0.39 is 4.92 Å². The monoisotopic (exact) mass is 192 g/mol. The van der Waals surface area contributed by atoms with Crippen LogP contribution >= 0.6 is 0 Å². The molecule has 0 saturated carbocycles. The van der Waals surface area contributed by atoms with Gasteiger partial charge in [0.15, 0.2) is 5.52 Å². The van der Waals surface area contributed by atoms with E-state index in [4.69, 9.17) is 4.84 Å². The first-order valence-electron chi connectivity index (χ1n) is 4.03. The van der Waals surface area contributed by atoms with Gasteiger partial charge in [-0.25, -0.2) is 0 Å². The van der Waals surface area contributed by atoms with Gasteiger partial charge in [-0.3, -0.25) is 0 Å². The first-order chi connectivity index (χ1) is 6.74. The van der Waals surface area contributed by atoms with Crippen LogP contribution in [0, 0.1) is 10.1 Å². The summed E-state index contributed by atoms with van der Waals surface area (Å²) in [6, 6.07) is 8.69. The maximum absolute atomic E-state index is 10.7. The van der Waals surface area contributed by atoms with Crippen molar-refractivity contribution in [2.45, 2.75) is 0 Å². The van der Waals surface area contributed by atoms with Crippen LogP contribution in [0.1, 0.15) is 0 Å². The molecule has 0 spiro atoms. The van der Waals surface area contributed by atoms with Crippen molar-refractivity contribution in [1.82, 2.24) is 4.73 Å². The zero-order valence-electron chi connectivity index (χ0n) is 7.51. The number of nitro groups is 1. The molecule has 0 aliphatic heterocycles. The predicted octanol–water partition coefficient (Wildman–Crippen LogP) is 1.61. The quantitative estimate of drug-likeness (QED) is 0.536. The Kier molecular flexibility index (Phi) is 1.85. The minimum atomic E-state index is -0.469. The molecular weight excluding hydrogens is 184 g/mol. The summed E-state index contributed by atoms with van der Waals surface area (Å²) in [4.78, 5) is 15.1. The summed E-state index contributed by atoms with van der Waals surface area (Å²) in [5.74, 6) is -0.0614. The minimum Gasteiger partial charge on any atom is -0.358 e. The summed E-state index contributed by atoms with van der Waals surface area (Å²) < 4.78 is 1.20. The van der Waals surface area contributed by atoms with Gasteiger partial charge in [-0.05, 0) is 15.7 Å². The van der Waals surface area contributed by atoms with Gasteiger partial charge >= 0.3 is 5.82 Å². The Bertz CT molecular complexity index is 490. The second-order valence-corrected chi connectivity index (χ2v) is 2.80. The van der Waals surface area contributed by atoms with Crippen molar-refractivity contribution in [3.05, 3.63) is 40.4 Å². The molecule has 0 N–H and O–H groups in total. The zero-order chi connectivity index (χ0) is 10.1. The summed E-state index contributed by atoms with van der Waals surface area (Å²) >= 11 is 0. The fourth-order valence-electron chi connectivity index (χ4n) is 1.43. The first-order valence-corrected chi connectivity index (χ1v) is 4.03. The van der Waals surface area contributed by atoms with Crippen molar-refractivity contribution in [2.75, 3.05) is 7.11 Å². The highest BCUT2D eigenvalue weighted by Crippen LogP contribution is 2.23. The highest BCUT2D eigenvalue weighted by molar-refractivity contribution is 5.82. The lowest BCUT2D eigenvalue weighted by Crippen LogP contribution is -2.08. The number of nitrogens with zero attached hydrogens (tertiary/aromatic N) is 2. The fourth-order valence-corrected chi connectivity index (χ4v) is 1.43. The van der Waals surface area contributed by atoms with E-state index in [9.17, 15) is 10.1 Å². The van der Waals surface area contributed by atoms with Crippen molar-refractivity contribution in [1.29, 1.82) is 0 Å². The van der Waals surface area contributed by atoms with Crippen LogP contribution in [0.5, 0.6) is 0 Å². The lowest BCUT2D eigenvalue weighted by Gasteiger charge is -1.97. The Hall–Kier alpha value is -2.04. The molecule has 0 aliphatic carbocycles. The van der Waals surface area contributed by atoms with E-state index in [1.807, 2.05) is 12.1 Å². The van der Waals surface area contributed by atoms with E-state index in [0.717, 1.165) is 5.39 Å². The zero-order valence-corrected chi connectivity index (χ0v) is 7.51. The number of para-hydroxylation sites is 1. The van der Waals surface area contributed by atoms with Gasteiger partial charge in [-0.2, -0.15) is 0 Å². The molecule has 1 aromatic carbocycles. The molecule has 0 fully saturated rings. The lowest BCUT2D eigenvalue weighted by atomic mass is 10.2. The molecule has 2 rings (SSSR count). The molecular formula is C9H8N2O3. The SMILES string of the molecule is COn1c([N+](=O)[O-])cc2ccccc21. The topological polar surface area (TPSA) is 57.3 Å². The average molecular weight is 192 g/mol. The number of rotatable bonds is 2. The maximum Gasteiger partial charge on any atom is 0.362 e. The Balaban J connectivity index is 2.78. The van der Waals surface area contributed by atoms with Crippen LogP contribution in [0.4, 0.5) is 5.82 Å². The van der Waals surface area contributed by atoms with Crippen molar-refractivity contribution in [3.8, 4) is 0 Å². The Morgan fingerprint density at radius 3 is 2.79 bits per heavy atom. The smallest absolute Gasteiger partial charge is 0.358 e. The van der Waals surface area contributed by atoms with Crippen molar-refractivity contribution < 1.29 is 9.76 Å². The Morgan fingerprint density at radius 1 is 1.43 bits per heavy atom. The van der Waals surface area contributed by atoms with Gasteiger partial charge in [-0.15, -0.1) is 0 Å². The van der Waals surface area contributed by atoms with E-state index >= 15 is 0 Å². The number of hydrogen-bond acceptors (Lipinski definition) is 3. The first kappa shape index (κ1) is 8.55. The van der Waals surface area contributed by atoms with Crippen molar-refractivity contribution >= 4 is 16.7 Å². The van der Waals surface area contributed by atoms with E-state index in [1.54, 1.807) is 12.1 Å². The molecule has 0 atom stereocenters. The number of benzene rings is 1. The van der Waals surface area contributed by atoms with Crippen molar-refractivity contribution in [3.63, 3.8) is 0 Å². The maximum atomic E-state index is 10.7. The minimum absolute atomic E-state index is 0.0614. The highest BCUT2D eigenvalue weighted by atomic mass is 16.7. The molecule has 72 valence electrons. The molecule has 5 heteroatoms. The van der Waals surface area contributed by atoms with Gasteiger partial charge in [0.25, 0.3) is 0 Å². The van der Waals surface area contributed by atoms with Gasteiger partial charge in [0.1, 0.15) is 7.11 Å². The molecule has 1 heterocycles. The third-order valence-electron chi connectivity index (χ3n) is 2.02. The number of fused-ring (bicyclic) bond motifs is 1. The van der Waals surface area contributed by atoms with Crippen molar-refractivity contribution in [2.24, 2.45) is 0 Å². The normalized spacial score (nSPS) is 10.4. The summed E-state index contributed by atoms with van der Waals surface area (Å²) in [6.45, 7) is 0. The molecule has 0 amide bonds. The molecule has 14 heavy (non-hydrogen) atoms. The van der Waals surface area contributed by atoms with Crippen LogP contribution in [0.25, 0.3) is 10.9 Å². The largest absolute Gasteiger partial charge is 0.362 e. The van der Waals surface area contributed by atoms with Crippen LogP contribution in [-0.4, -0.2) is 16.8 Å². The van der Waals surface area contributed by atoms with Gasteiger partial charge in [-0.1, -0.05) is 18.2 Å². The second kappa shape index (κ2) is 3.02. The van der Waals surface area contributed by atoms with Gasteiger partial charge in [0, 0.05) is 11.5 Å². The number of aromatic nitrogens is 1. The Morgan fingerprint density at radius 2 is 2.14 bits per heavy atom. The van der Waals surface area contributed by atoms with Crippen LogP contribution in [-0.2, 0) is 0 Å². The van der Waals surface area contributed by atoms with Crippen LogP contribution in [0.3, 0.4) is 0 Å². The average Bonchev–Trinajstić information content (AvgIpc) is 2.56. The van der Waals surface area contributed by atoms with E-state index in [-0.39, 0.29) is 5.82 Å². The third-order valence-corrected chi connectivity index (χ3v) is 2.02. The molecule has 1 aromatic heterocycles. The van der Waals surface area contributed by atoms with Crippen LogP contribution in [0.2, 0.25) is 0 Å². The third kappa shape index (κ3) is 1.10. The molecule has 0 radical (unpaired) electrons. The van der Waals surface area contributed by atoms with Crippen LogP contribution in [0.15, 0.2) is 30.3 Å². The molecule has 0 saturated heterocycles. The van der Waals surface area contributed by atoms with E-state index in [0.29, 0.717) is 5.52 Å². The predicted molar refractivity (Wildman–Crippen MR) is 51.1 cm³/mol. The van der Waals surface area contributed by atoms with Gasteiger partial charge < -0.3 is 15.0 Å². The van der Waals surface area contributed by atoms with E-state index in [2.05, 4.69) is 0 Å². The van der Waals surface area contributed by atoms with Gasteiger partial charge in [0.2, 0.25) is 0 Å². The second-order valence-electron chi connectivity index (χ2n) is 2.80. The molecule has 2 aromatic rings. The summed E-state index contributed by atoms with van der Waals surface area (Å²) in [5.41, 5.74) is 0.696. The lowest BCUT2D eigenvalue weighted by molar-refractivity contribution is -0.396. The fraction of sp³-hybridized carbons (Fsp3) is 0.111. The molecule has 0 unspecified atom stereocenters. The summed E-state index contributed by atoms with van der Waals surface area (Å²) in [6.07, 6.45) is 0. The Labute approximate surface area is 79.6 Å². The van der Waals surface area contributed by atoms with Crippen LogP contribution < -0.4 is 4.84 Å². The molecule has 5 nitrogen and oxygen atoms in total.